The first-order chi connectivity index (χ1) is 9.22. The number of carbonyl (C=O) groups is 2. The van der Waals surface area contributed by atoms with E-state index in [0.29, 0.717) is 17.1 Å². The average Bonchev–Trinajstić information content (AvgIpc) is 2.93. The van der Waals surface area contributed by atoms with E-state index in [1.54, 1.807) is 30.3 Å². The Bertz CT molecular complexity index is 634. The van der Waals surface area contributed by atoms with Gasteiger partial charge in [0.2, 0.25) is 0 Å². The van der Waals surface area contributed by atoms with Crippen LogP contribution >= 0.6 is 0 Å². The van der Waals surface area contributed by atoms with Crippen LogP contribution in [-0.4, -0.2) is 18.4 Å². The van der Waals surface area contributed by atoms with Gasteiger partial charge in [0, 0.05) is 11.8 Å². The highest BCUT2D eigenvalue weighted by molar-refractivity contribution is 6.03. The van der Waals surface area contributed by atoms with Crippen LogP contribution in [0.1, 0.15) is 10.6 Å². The van der Waals surface area contributed by atoms with Crippen molar-refractivity contribution in [2.24, 2.45) is 0 Å². The van der Waals surface area contributed by atoms with Gasteiger partial charge in [-0.2, -0.15) is 0 Å². The number of rotatable bonds is 2. The molecule has 1 aliphatic heterocycles. The minimum atomic E-state index is -0.343. The summed E-state index contributed by atoms with van der Waals surface area (Å²) < 4.78 is 10.3. The molecule has 1 aromatic carbocycles. The molecule has 1 aromatic heterocycles. The summed E-state index contributed by atoms with van der Waals surface area (Å²) in [5.41, 5.74) is 1.16. The van der Waals surface area contributed by atoms with Crippen molar-refractivity contribution < 1.29 is 18.7 Å². The Labute approximate surface area is 108 Å². The summed E-state index contributed by atoms with van der Waals surface area (Å²) in [6.07, 6.45) is 1.43. The number of hydrogen-bond donors (Lipinski definition) is 2. The van der Waals surface area contributed by atoms with E-state index in [9.17, 15) is 9.59 Å². The molecule has 6 nitrogen and oxygen atoms in total. The lowest BCUT2D eigenvalue weighted by Gasteiger charge is -2.18. The van der Waals surface area contributed by atoms with Crippen molar-refractivity contribution in [2.45, 2.75) is 0 Å². The highest BCUT2D eigenvalue weighted by atomic mass is 16.5. The zero-order valence-corrected chi connectivity index (χ0v) is 9.80. The van der Waals surface area contributed by atoms with E-state index in [4.69, 9.17) is 9.15 Å². The van der Waals surface area contributed by atoms with Crippen LogP contribution < -0.4 is 15.4 Å². The number of ether oxygens (including phenoxy) is 1. The average molecular weight is 258 g/mol. The number of fused-ring (bicyclic) bond motifs is 1. The summed E-state index contributed by atoms with van der Waals surface area (Å²) in [4.78, 5) is 22.9. The van der Waals surface area contributed by atoms with Crippen molar-refractivity contribution in [2.75, 3.05) is 17.2 Å². The molecule has 0 aliphatic carbocycles. The molecule has 1 aliphatic rings. The van der Waals surface area contributed by atoms with Gasteiger partial charge in [-0.05, 0) is 24.3 Å². The van der Waals surface area contributed by atoms with E-state index >= 15 is 0 Å². The fourth-order valence-electron chi connectivity index (χ4n) is 1.75. The highest BCUT2D eigenvalue weighted by Gasteiger charge is 2.17. The Kier molecular flexibility index (Phi) is 2.68. The molecule has 2 amide bonds. The lowest BCUT2D eigenvalue weighted by molar-refractivity contribution is -0.118. The summed E-state index contributed by atoms with van der Waals surface area (Å²) in [5, 5.41) is 5.35. The van der Waals surface area contributed by atoms with Gasteiger partial charge in [0.15, 0.2) is 12.4 Å². The van der Waals surface area contributed by atoms with E-state index in [1.807, 2.05) is 0 Å². The number of nitrogens with one attached hydrogen (secondary N) is 2. The maximum Gasteiger partial charge on any atom is 0.291 e. The van der Waals surface area contributed by atoms with Crippen LogP contribution in [0.4, 0.5) is 11.4 Å². The Morgan fingerprint density at radius 1 is 1.32 bits per heavy atom. The number of furan rings is 1. The van der Waals surface area contributed by atoms with Crippen LogP contribution in [0.2, 0.25) is 0 Å². The smallest absolute Gasteiger partial charge is 0.291 e. The summed E-state index contributed by atoms with van der Waals surface area (Å²) in [6.45, 7) is -0.0252. The summed E-state index contributed by atoms with van der Waals surface area (Å²) in [7, 11) is 0. The van der Waals surface area contributed by atoms with Gasteiger partial charge in [0.1, 0.15) is 5.75 Å². The second-order valence-electron chi connectivity index (χ2n) is 3.98. The first kappa shape index (κ1) is 11.3. The maximum atomic E-state index is 11.8. The standard InChI is InChI=1S/C13H10N2O4/c16-12-7-19-11-6-8(3-4-9(11)15-12)14-13(17)10-2-1-5-18-10/h1-6H,7H2,(H,14,17)(H,15,16). The molecule has 2 N–H and O–H groups in total. The van der Waals surface area contributed by atoms with Gasteiger partial charge in [0.05, 0.1) is 12.0 Å². The first-order valence-electron chi connectivity index (χ1n) is 5.64. The van der Waals surface area contributed by atoms with Crippen molar-refractivity contribution in [3.05, 3.63) is 42.4 Å². The van der Waals surface area contributed by atoms with Gasteiger partial charge in [-0.3, -0.25) is 9.59 Å². The van der Waals surface area contributed by atoms with Gasteiger partial charge < -0.3 is 19.8 Å². The van der Waals surface area contributed by atoms with E-state index in [1.165, 1.54) is 6.26 Å². The zero-order chi connectivity index (χ0) is 13.2. The molecule has 0 saturated heterocycles. The van der Waals surface area contributed by atoms with Crippen LogP contribution in [0, 0.1) is 0 Å². The third-order valence-electron chi connectivity index (χ3n) is 2.62. The van der Waals surface area contributed by atoms with Crippen LogP contribution in [0.25, 0.3) is 0 Å². The molecule has 0 bridgehead atoms. The Morgan fingerprint density at radius 3 is 3.00 bits per heavy atom. The lowest BCUT2D eigenvalue weighted by atomic mass is 10.2. The molecule has 3 rings (SSSR count). The molecule has 0 unspecified atom stereocenters. The number of amides is 2. The predicted molar refractivity (Wildman–Crippen MR) is 67.2 cm³/mol. The number of carbonyl (C=O) groups excluding carboxylic acids is 2. The topological polar surface area (TPSA) is 80.6 Å². The van der Waals surface area contributed by atoms with E-state index in [-0.39, 0.29) is 24.2 Å². The Morgan fingerprint density at radius 2 is 2.21 bits per heavy atom. The highest BCUT2D eigenvalue weighted by Crippen LogP contribution is 2.30. The number of hydrogen-bond acceptors (Lipinski definition) is 4. The van der Waals surface area contributed by atoms with Crippen LogP contribution in [0.15, 0.2) is 41.0 Å². The molecule has 6 heteroatoms. The molecule has 0 saturated carbocycles. The molecule has 0 radical (unpaired) electrons. The predicted octanol–water partition coefficient (Wildman–Crippen LogP) is 1.86. The van der Waals surface area contributed by atoms with Gasteiger partial charge in [-0.1, -0.05) is 0 Å². The Balaban J connectivity index is 1.79. The molecule has 0 spiro atoms. The zero-order valence-electron chi connectivity index (χ0n) is 9.80. The maximum absolute atomic E-state index is 11.8. The summed E-state index contributed by atoms with van der Waals surface area (Å²) >= 11 is 0. The van der Waals surface area contributed by atoms with Gasteiger partial charge in [0.25, 0.3) is 11.8 Å². The first-order valence-corrected chi connectivity index (χ1v) is 5.64. The molecule has 96 valence electrons. The van der Waals surface area contributed by atoms with Crippen molar-refractivity contribution in [1.29, 1.82) is 0 Å². The van der Waals surface area contributed by atoms with E-state index in [0.717, 1.165) is 0 Å². The minimum absolute atomic E-state index is 0.0252. The fourth-order valence-corrected chi connectivity index (χ4v) is 1.75. The van der Waals surface area contributed by atoms with Crippen molar-refractivity contribution in [3.8, 4) is 5.75 Å². The summed E-state index contributed by atoms with van der Waals surface area (Å²) in [6, 6.07) is 8.21. The van der Waals surface area contributed by atoms with Crippen LogP contribution in [-0.2, 0) is 4.79 Å². The number of benzene rings is 1. The SMILES string of the molecule is O=C1COc2cc(NC(=O)c3ccco3)ccc2N1. The molecule has 2 heterocycles. The van der Waals surface area contributed by atoms with Crippen molar-refractivity contribution >= 4 is 23.2 Å². The molecule has 19 heavy (non-hydrogen) atoms. The minimum Gasteiger partial charge on any atom is -0.482 e. The molecular weight excluding hydrogens is 248 g/mol. The second-order valence-corrected chi connectivity index (χ2v) is 3.98. The van der Waals surface area contributed by atoms with Crippen molar-refractivity contribution in [1.82, 2.24) is 0 Å². The quantitative estimate of drug-likeness (QED) is 0.861. The normalized spacial score (nSPS) is 13.2. The lowest BCUT2D eigenvalue weighted by Crippen LogP contribution is -2.25. The Hall–Kier alpha value is -2.76. The van der Waals surface area contributed by atoms with Crippen molar-refractivity contribution in [3.63, 3.8) is 0 Å². The van der Waals surface area contributed by atoms with E-state index in [2.05, 4.69) is 10.6 Å². The van der Waals surface area contributed by atoms with Gasteiger partial charge in [-0.25, -0.2) is 0 Å². The van der Waals surface area contributed by atoms with E-state index < -0.39 is 0 Å². The monoisotopic (exact) mass is 258 g/mol. The largest absolute Gasteiger partial charge is 0.482 e. The van der Waals surface area contributed by atoms with Crippen LogP contribution in [0.5, 0.6) is 5.75 Å². The second kappa shape index (κ2) is 4.49. The third kappa shape index (κ3) is 2.28. The number of anilines is 2. The molecular formula is C13H10N2O4. The molecule has 0 fully saturated rings. The summed E-state index contributed by atoms with van der Waals surface area (Å²) in [5.74, 6) is 0.216. The fraction of sp³-hybridized carbons (Fsp3) is 0.0769. The van der Waals surface area contributed by atoms with Gasteiger partial charge in [-0.15, -0.1) is 0 Å². The van der Waals surface area contributed by atoms with Crippen LogP contribution in [0.3, 0.4) is 0 Å². The third-order valence-corrected chi connectivity index (χ3v) is 2.62. The van der Waals surface area contributed by atoms with Gasteiger partial charge >= 0.3 is 0 Å². The molecule has 0 atom stereocenters. The molecule has 2 aromatic rings.